The average Bonchev–Trinajstić information content (AvgIpc) is 2.49. The second-order valence-corrected chi connectivity index (χ2v) is 7.54. The zero-order valence-corrected chi connectivity index (χ0v) is 15.2. The monoisotopic (exact) mass is 341 g/mol. The molecule has 0 saturated heterocycles. The molecule has 0 heterocycles. The van der Waals surface area contributed by atoms with Crippen LogP contribution in [0, 0.1) is 0 Å². The van der Waals surface area contributed by atoms with E-state index in [1.807, 2.05) is 51.1 Å². The molecule has 126 valence electrons. The predicted molar refractivity (Wildman–Crippen MR) is 101 cm³/mol. The van der Waals surface area contributed by atoms with Gasteiger partial charge in [0.05, 0.1) is 0 Å². The van der Waals surface area contributed by atoms with E-state index in [2.05, 4.69) is 36.2 Å². The van der Waals surface area contributed by atoms with Gasteiger partial charge in [0.2, 0.25) is 0 Å². The summed E-state index contributed by atoms with van der Waals surface area (Å²) in [5.74, 6) is 0. The van der Waals surface area contributed by atoms with E-state index in [1.165, 1.54) is 10.5 Å². The zero-order chi connectivity index (χ0) is 17.6. The first-order chi connectivity index (χ1) is 11.4. The molecule has 2 aromatic rings. The minimum absolute atomic E-state index is 0.444. The molecule has 4 heteroatoms. The third kappa shape index (κ3) is 6.13. The number of rotatable bonds is 5. The van der Waals surface area contributed by atoms with Gasteiger partial charge in [0.15, 0.2) is 0 Å². The fourth-order valence-electron chi connectivity index (χ4n) is 2.02. The van der Waals surface area contributed by atoms with Crippen LogP contribution in [-0.2, 0) is 11.2 Å². The first kappa shape index (κ1) is 18.1. The normalized spacial score (nSPS) is 11.0. The molecule has 0 radical (unpaired) electrons. The van der Waals surface area contributed by atoms with Crippen LogP contribution in [0.4, 0.5) is 10.5 Å². The molecule has 2 aromatic carbocycles. The molecule has 24 heavy (non-hydrogen) atoms. The van der Waals surface area contributed by atoms with Crippen molar-refractivity contribution in [3.05, 3.63) is 66.7 Å². The van der Waals surface area contributed by atoms with Crippen molar-refractivity contribution >= 4 is 23.5 Å². The maximum absolute atomic E-state index is 11.7. The lowest BCUT2D eigenvalue weighted by Gasteiger charge is -2.19. The highest BCUT2D eigenvalue weighted by atomic mass is 32.2. The van der Waals surface area contributed by atoms with Gasteiger partial charge >= 0.3 is 6.09 Å². The first-order valence-corrected chi connectivity index (χ1v) is 8.65. The van der Waals surface area contributed by atoms with Crippen molar-refractivity contribution in [1.82, 2.24) is 0 Å². The molecular weight excluding hydrogens is 318 g/mol. The number of hydrogen-bond donors (Lipinski definition) is 1. The van der Waals surface area contributed by atoms with Gasteiger partial charge in [-0.1, -0.05) is 30.0 Å². The lowest BCUT2D eigenvalue weighted by atomic mass is 10.2. The van der Waals surface area contributed by atoms with E-state index in [9.17, 15) is 4.79 Å². The van der Waals surface area contributed by atoms with Gasteiger partial charge in [-0.05, 0) is 69.2 Å². The number of benzene rings is 2. The van der Waals surface area contributed by atoms with Crippen LogP contribution in [0.1, 0.15) is 26.3 Å². The Labute approximate surface area is 148 Å². The van der Waals surface area contributed by atoms with Crippen molar-refractivity contribution in [2.45, 2.75) is 42.6 Å². The molecule has 0 fully saturated rings. The van der Waals surface area contributed by atoms with Crippen molar-refractivity contribution in [2.75, 3.05) is 5.32 Å². The Hall–Kier alpha value is -2.20. The number of ether oxygens (including phenoxy) is 1. The van der Waals surface area contributed by atoms with Crippen molar-refractivity contribution in [1.29, 1.82) is 0 Å². The molecule has 1 N–H and O–H groups in total. The molecule has 0 saturated carbocycles. The number of carbonyl (C=O) groups is 1. The largest absolute Gasteiger partial charge is 0.444 e. The quantitative estimate of drug-likeness (QED) is 0.687. The number of anilines is 1. The Kier molecular flexibility index (Phi) is 6.10. The second kappa shape index (κ2) is 8.06. The molecule has 0 aliphatic rings. The molecule has 0 atom stereocenters. The van der Waals surface area contributed by atoms with Gasteiger partial charge in [0.25, 0.3) is 0 Å². The SMILES string of the molecule is C=CCc1ccc(Sc2ccc(NC(=O)OC(C)(C)C)cc2)cc1. The fraction of sp³-hybridized carbons (Fsp3) is 0.250. The summed E-state index contributed by atoms with van der Waals surface area (Å²) >= 11 is 1.68. The first-order valence-electron chi connectivity index (χ1n) is 7.83. The van der Waals surface area contributed by atoms with Crippen LogP contribution in [0.2, 0.25) is 0 Å². The van der Waals surface area contributed by atoms with Crippen molar-refractivity contribution in [2.24, 2.45) is 0 Å². The second-order valence-electron chi connectivity index (χ2n) is 6.39. The van der Waals surface area contributed by atoms with Crippen LogP contribution in [0.5, 0.6) is 0 Å². The Balaban J connectivity index is 1.94. The number of hydrogen-bond acceptors (Lipinski definition) is 3. The molecule has 0 aliphatic carbocycles. The Morgan fingerprint density at radius 3 is 2.12 bits per heavy atom. The topological polar surface area (TPSA) is 38.3 Å². The molecular formula is C20H23NO2S. The van der Waals surface area contributed by atoms with E-state index in [-0.39, 0.29) is 0 Å². The number of amides is 1. The summed E-state index contributed by atoms with van der Waals surface area (Å²) in [7, 11) is 0. The van der Waals surface area contributed by atoms with Gasteiger partial charge in [-0.15, -0.1) is 6.58 Å². The van der Waals surface area contributed by atoms with Crippen LogP contribution in [0.25, 0.3) is 0 Å². The lowest BCUT2D eigenvalue weighted by Crippen LogP contribution is -2.27. The van der Waals surface area contributed by atoms with Gasteiger partial charge in [0.1, 0.15) is 5.60 Å². The highest BCUT2D eigenvalue weighted by Crippen LogP contribution is 2.29. The summed E-state index contributed by atoms with van der Waals surface area (Å²) in [6.07, 6.45) is 2.34. The maximum Gasteiger partial charge on any atom is 0.412 e. The molecule has 0 bridgehead atoms. The summed E-state index contributed by atoms with van der Waals surface area (Å²) in [6.45, 7) is 9.27. The number of carbonyl (C=O) groups excluding carboxylic acids is 1. The molecule has 0 unspecified atom stereocenters. The third-order valence-electron chi connectivity index (χ3n) is 3.04. The van der Waals surface area contributed by atoms with Gasteiger partial charge in [0, 0.05) is 15.5 Å². The Morgan fingerprint density at radius 1 is 1.08 bits per heavy atom. The average molecular weight is 341 g/mol. The van der Waals surface area contributed by atoms with Gasteiger partial charge in [-0.3, -0.25) is 5.32 Å². The van der Waals surface area contributed by atoms with Crippen LogP contribution >= 0.6 is 11.8 Å². The van der Waals surface area contributed by atoms with E-state index in [1.54, 1.807) is 11.8 Å². The highest BCUT2D eigenvalue weighted by molar-refractivity contribution is 7.99. The predicted octanol–water partition coefficient (Wildman–Crippen LogP) is 5.91. The summed E-state index contributed by atoms with van der Waals surface area (Å²) in [5, 5.41) is 2.73. The maximum atomic E-state index is 11.7. The van der Waals surface area contributed by atoms with Gasteiger partial charge in [-0.2, -0.15) is 0 Å². The molecule has 0 aliphatic heterocycles. The summed E-state index contributed by atoms with van der Waals surface area (Å²) < 4.78 is 5.24. The van der Waals surface area contributed by atoms with Crippen molar-refractivity contribution in [3.8, 4) is 0 Å². The molecule has 3 nitrogen and oxygen atoms in total. The van der Waals surface area contributed by atoms with E-state index in [4.69, 9.17) is 4.74 Å². The highest BCUT2D eigenvalue weighted by Gasteiger charge is 2.16. The smallest absolute Gasteiger partial charge is 0.412 e. The zero-order valence-electron chi connectivity index (χ0n) is 14.3. The van der Waals surface area contributed by atoms with E-state index >= 15 is 0 Å². The fourth-order valence-corrected chi connectivity index (χ4v) is 2.84. The molecule has 2 rings (SSSR count). The number of nitrogens with one attached hydrogen (secondary N) is 1. The van der Waals surface area contributed by atoms with E-state index in [0.717, 1.165) is 17.0 Å². The Bertz CT molecular complexity index is 685. The van der Waals surface area contributed by atoms with Crippen LogP contribution in [0.3, 0.4) is 0 Å². The summed E-state index contributed by atoms with van der Waals surface area (Å²) in [4.78, 5) is 14.0. The van der Waals surface area contributed by atoms with E-state index < -0.39 is 11.7 Å². The Morgan fingerprint density at radius 2 is 1.62 bits per heavy atom. The minimum atomic E-state index is -0.502. The van der Waals surface area contributed by atoms with E-state index in [0.29, 0.717) is 0 Å². The molecule has 0 aromatic heterocycles. The molecule has 0 spiro atoms. The molecule has 1 amide bonds. The van der Waals surface area contributed by atoms with Gasteiger partial charge < -0.3 is 4.74 Å². The van der Waals surface area contributed by atoms with Crippen LogP contribution in [0.15, 0.2) is 71.0 Å². The van der Waals surface area contributed by atoms with Crippen LogP contribution in [-0.4, -0.2) is 11.7 Å². The van der Waals surface area contributed by atoms with Crippen molar-refractivity contribution < 1.29 is 9.53 Å². The van der Waals surface area contributed by atoms with Crippen molar-refractivity contribution in [3.63, 3.8) is 0 Å². The summed E-state index contributed by atoms with van der Waals surface area (Å²) in [5.41, 5.74) is 1.47. The summed E-state index contributed by atoms with van der Waals surface area (Å²) in [6, 6.07) is 16.2. The standard InChI is InChI=1S/C20H23NO2S/c1-5-6-15-7-11-17(12-8-15)24-18-13-9-16(10-14-18)21-19(22)23-20(2,3)4/h5,7-14H,1,6H2,2-4H3,(H,21,22). The van der Waals surface area contributed by atoms with Crippen LogP contribution < -0.4 is 5.32 Å². The lowest BCUT2D eigenvalue weighted by molar-refractivity contribution is 0.0636. The number of allylic oxidation sites excluding steroid dienone is 1. The minimum Gasteiger partial charge on any atom is -0.444 e. The van der Waals surface area contributed by atoms with Gasteiger partial charge in [-0.25, -0.2) is 4.79 Å². The third-order valence-corrected chi connectivity index (χ3v) is 4.05.